The van der Waals surface area contributed by atoms with Crippen molar-refractivity contribution in [3.05, 3.63) is 34.3 Å². The van der Waals surface area contributed by atoms with Crippen LogP contribution in [0.2, 0.25) is 5.02 Å². The van der Waals surface area contributed by atoms with Gasteiger partial charge < -0.3 is 11.1 Å². The van der Waals surface area contributed by atoms with E-state index in [1.807, 2.05) is 20.8 Å². The first-order valence-corrected chi connectivity index (χ1v) is 6.10. The van der Waals surface area contributed by atoms with Crippen molar-refractivity contribution in [2.45, 2.75) is 26.8 Å². The maximum Gasteiger partial charge on any atom is 0.251 e. The molecule has 17 heavy (non-hydrogen) atoms. The molecule has 0 saturated heterocycles. The highest BCUT2D eigenvalue weighted by Crippen LogP contribution is 2.15. The van der Waals surface area contributed by atoms with Gasteiger partial charge in [0.1, 0.15) is 0 Å². The molecule has 0 heterocycles. The van der Waals surface area contributed by atoms with Crippen LogP contribution in [-0.2, 0) is 0 Å². The Balaban J connectivity index is 2.82. The Morgan fingerprint density at radius 3 is 2.59 bits per heavy atom. The maximum absolute atomic E-state index is 12.0. The Labute approximate surface area is 107 Å². The molecule has 1 atom stereocenters. The number of aryl methyl sites for hydroxylation is 1. The van der Waals surface area contributed by atoms with Gasteiger partial charge in [-0.15, -0.1) is 0 Å². The molecule has 0 radical (unpaired) electrons. The molecule has 1 aromatic rings. The molecular weight excluding hydrogens is 236 g/mol. The van der Waals surface area contributed by atoms with Gasteiger partial charge in [0.15, 0.2) is 0 Å². The van der Waals surface area contributed by atoms with Gasteiger partial charge in [-0.2, -0.15) is 0 Å². The van der Waals surface area contributed by atoms with Crippen LogP contribution in [-0.4, -0.2) is 18.5 Å². The van der Waals surface area contributed by atoms with Crippen molar-refractivity contribution in [2.24, 2.45) is 11.7 Å². The summed E-state index contributed by atoms with van der Waals surface area (Å²) >= 11 is 5.85. The summed E-state index contributed by atoms with van der Waals surface area (Å²) in [5, 5.41) is 3.57. The minimum Gasteiger partial charge on any atom is -0.348 e. The van der Waals surface area contributed by atoms with Crippen molar-refractivity contribution in [3.8, 4) is 0 Å². The summed E-state index contributed by atoms with van der Waals surface area (Å²) < 4.78 is 0. The summed E-state index contributed by atoms with van der Waals surface area (Å²) in [6, 6.07) is 5.23. The molecule has 0 aromatic heterocycles. The van der Waals surface area contributed by atoms with Gasteiger partial charge in [0.05, 0.1) is 0 Å². The first-order valence-electron chi connectivity index (χ1n) is 5.72. The predicted octanol–water partition coefficient (Wildman–Crippen LogP) is 2.36. The normalized spacial score (nSPS) is 12.6. The highest BCUT2D eigenvalue weighted by Gasteiger charge is 2.16. The van der Waals surface area contributed by atoms with Crippen molar-refractivity contribution in [3.63, 3.8) is 0 Å². The molecule has 0 aliphatic heterocycles. The Kier molecular flexibility index (Phi) is 4.97. The Morgan fingerprint density at radius 1 is 1.47 bits per heavy atom. The number of nitrogens with one attached hydrogen (secondary N) is 1. The monoisotopic (exact) mass is 254 g/mol. The van der Waals surface area contributed by atoms with Gasteiger partial charge in [0.2, 0.25) is 0 Å². The van der Waals surface area contributed by atoms with Gasteiger partial charge in [0.25, 0.3) is 5.91 Å². The zero-order valence-electron chi connectivity index (χ0n) is 10.5. The fourth-order valence-electron chi connectivity index (χ4n) is 1.63. The van der Waals surface area contributed by atoms with Crippen LogP contribution in [0.25, 0.3) is 0 Å². The highest BCUT2D eigenvalue weighted by atomic mass is 35.5. The zero-order chi connectivity index (χ0) is 13.0. The second-order valence-corrected chi connectivity index (χ2v) is 4.96. The average molecular weight is 255 g/mol. The van der Waals surface area contributed by atoms with Gasteiger partial charge in [0, 0.05) is 23.2 Å². The molecule has 4 heteroatoms. The van der Waals surface area contributed by atoms with Gasteiger partial charge in [-0.25, -0.2) is 0 Å². The van der Waals surface area contributed by atoms with E-state index in [0.29, 0.717) is 23.0 Å². The van der Waals surface area contributed by atoms with Crippen molar-refractivity contribution in [2.75, 3.05) is 6.54 Å². The van der Waals surface area contributed by atoms with Gasteiger partial charge in [-0.05, 0) is 36.6 Å². The van der Waals surface area contributed by atoms with E-state index in [1.165, 1.54) is 0 Å². The lowest BCUT2D eigenvalue weighted by atomic mass is 10.0. The lowest BCUT2D eigenvalue weighted by molar-refractivity contribution is 0.0927. The molecule has 0 saturated carbocycles. The lowest BCUT2D eigenvalue weighted by Crippen LogP contribution is -2.43. The standard InChI is InChI=1S/C13H19ClN2O/c1-8(2)12(7-15)16-13(17)11-5-4-10(14)6-9(11)3/h4-6,8,12H,7,15H2,1-3H3,(H,16,17). The number of amides is 1. The second kappa shape index (κ2) is 6.03. The molecule has 3 nitrogen and oxygen atoms in total. The quantitative estimate of drug-likeness (QED) is 0.867. The summed E-state index contributed by atoms with van der Waals surface area (Å²) in [5.74, 6) is 0.222. The van der Waals surface area contributed by atoms with E-state index in [0.717, 1.165) is 5.56 Å². The maximum atomic E-state index is 12.0. The van der Waals surface area contributed by atoms with E-state index in [9.17, 15) is 4.79 Å². The fourth-order valence-corrected chi connectivity index (χ4v) is 1.85. The van der Waals surface area contributed by atoms with Crippen LogP contribution in [0, 0.1) is 12.8 Å². The molecule has 1 aromatic carbocycles. The summed E-state index contributed by atoms with van der Waals surface area (Å²) in [7, 11) is 0. The first kappa shape index (κ1) is 14.0. The number of benzene rings is 1. The summed E-state index contributed by atoms with van der Waals surface area (Å²) in [6.07, 6.45) is 0. The SMILES string of the molecule is Cc1cc(Cl)ccc1C(=O)NC(CN)C(C)C. The van der Waals surface area contributed by atoms with Crippen LogP contribution < -0.4 is 11.1 Å². The molecule has 94 valence electrons. The van der Waals surface area contributed by atoms with Crippen LogP contribution in [0.1, 0.15) is 29.8 Å². The third kappa shape index (κ3) is 3.72. The number of hydrogen-bond acceptors (Lipinski definition) is 2. The average Bonchev–Trinajstić information content (AvgIpc) is 2.24. The minimum absolute atomic E-state index is 0.00224. The molecule has 0 spiro atoms. The third-order valence-corrected chi connectivity index (χ3v) is 3.04. The van der Waals surface area contributed by atoms with E-state index < -0.39 is 0 Å². The van der Waals surface area contributed by atoms with E-state index in [4.69, 9.17) is 17.3 Å². The number of rotatable bonds is 4. The van der Waals surface area contributed by atoms with Crippen LogP contribution in [0.5, 0.6) is 0 Å². The van der Waals surface area contributed by atoms with Crippen molar-refractivity contribution >= 4 is 17.5 Å². The lowest BCUT2D eigenvalue weighted by Gasteiger charge is -2.21. The molecule has 3 N–H and O–H groups in total. The molecule has 1 unspecified atom stereocenters. The smallest absolute Gasteiger partial charge is 0.251 e. The fraction of sp³-hybridized carbons (Fsp3) is 0.462. The third-order valence-electron chi connectivity index (χ3n) is 2.81. The minimum atomic E-state index is -0.0942. The molecule has 1 rings (SSSR count). The number of hydrogen-bond donors (Lipinski definition) is 2. The van der Waals surface area contributed by atoms with E-state index in [2.05, 4.69) is 5.32 Å². The molecule has 0 bridgehead atoms. The van der Waals surface area contributed by atoms with E-state index >= 15 is 0 Å². The Bertz CT molecular complexity index is 404. The number of carbonyl (C=O) groups is 1. The van der Waals surface area contributed by atoms with Crippen molar-refractivity contribution < 1.29 is 4.79 Å². The van der Waals surface area contributed by atoms with E-state index in [-0.39, 0.29) is 11.9 Å². The molecule has 0 aliphatic rings. The Morgan fingerprint density at radius 2 is 2.12 bits per heavy atom. The van der Waals surface area contributed by atoms with Crippen molar-refractivity contribution in [1.82, 2.24) is 5.32 Å². The molecule has 0 fully saturated rings. The van der Waals surface area contributed by atoms with Crippen molar-refractivity contribution in [1.29, 1.82) is 0 Å². The van der Waals surface area contributed by atoms with E-state index in [1.54, 1.807) is 18.2 Å². The van der Waals surface area contributed by atoms with Crippen LogP contribution in [0.15, 0.2) is 18.2 Å². The zero-order valence-corrected chi connectivity index (χ0v) is 11.2. The first-order chi connectivity index (χ1) is 7.95. The molecular formula is C13H19ClN2O. The van der Waals surface area contributed by atoms with Crippen LogP contribution >= 0.6 is 11.6 Å². The van der Waals surface area contributed by atoms with Gasteiger partial charge in [-0.3, -0.25) is 4.79 Å². The molecule has 0 aliphatic carbocycles. The Hall–Kier alpha value is -1.06. The van der Waals surface area contributed by atoms with Gasteiger partial charge in [-0.1, -0.05) is 25.4 Å². The van der Waals surface area contributed by atoms with Crippen LogP contribution in [0.4, 0.5) is 0 Å². The summed E-state index contributed by atoms with van der Waals surface area (Å²) in [5.41, 5.74) is 7.14. The molecule has 1 amide bonds. The highest BCUT2D eigenvalue weighted by molar-refractivity contribution is 6.30. The summed E-state index contributed by atoms with van der Waals surface area (Å²) in [6.45, 7) is 6.38. The van der Waals surface area contributed by atoms with Crippen LogP contribution in [0.3, 0.4) is 0 Å². The predicted molar refractivity (Wildman–Crippen MR) is 71.3 cm³/mol. The van der Waals surface area contributed by atoms with Gasteiger partial charge >= 0.3 is 0 Å². The number of nitrogens with two attached hydrogens (primary N) is 1. The summed E-state index contributed by atoms with van der Waals surface area (Å²) in [4.78, 5) is 12.0. The second-order valence-electron chi connectivity index (χ2n) is 4.52. The number of halogens is 1. The largest absolute Gasteiger partial charge is 0.348 e. The topological polar surface area (TPSA) is 55.1 Å². The number of carbonyl (C=O) groups excluding carboxylic acids is 1.